The molecule has 0 unspecified atom stereocenters. The standard InChI is InChI=1S/C11H10ClN3O2/c12-8-4-2-1-3-7(8)11-13-9(14-15-11)5-6-10(16)17/h1-4H,5-6H2,(H,16,17)(H,13,14,15). The van der Waals surface area contributed by atoms with E-state index in [9.17, 15) is 4.79 Å². The lowest BCUT2D eigenvalue weighted by molar-refractivity contribution is -0.137. The highest BCUT2D eigenvalue weighted by Gasteiger charge is 2.09. The molecule has 0 radical (unpaired) electrons. The highest BCUT2D eigenvalue weighted by atomic mass is 35.5. The number of hydrogen-bond donors (Lipinski definition) is 2. The van der Waals surface area contributed by atoms with E-state index in [-0.39, 0.29) is 6.42 Å². The molecule has 5 nitrogen and oxygen atoms in total. The van der Waals surface area contributed by atoms with Gasteiger partial charge >= 0.3 is 5.97 Å². The van der Waals surface area contributed by atoms with Gasteiger partial charge in [-0.3, -0.25) is 9.89 Å². The average Bonchev–Trinajstić information content (AvgIpc) is 2.75. The second kappa shape index (κ2) is 4.97. The Morgan fingerprint density at radius 1 is 1.41 bits per heavy atom. The Bertz CT molecular complexity index is 539. The summed E-state index contributed by atoms with van der Waals surface area (Å²) in [6, 6.07) is 7.23. The number of carboxylic acids is 1. The van der Waals surface area contributed by atoms with Gasteiger partial charge in [0.2, 0.25) is 0 Å². The zero-order chi connectivity index (χ0) is 12.3. The van der Waals surface area contributed by atoms with Crippen molar-refractivity contribution >= 4 is 17.6 Å². The number of hydrogen-bond acceptors (Lipinski definition) is 3. The van der Waals surface area contributed by atoms with Gasteiger partial charge in [-0.25, -0.2) is 4.98 Å². The largest absolute Gasteiger partial charge is 0.481 e. The van der Waals surface area contributed by atoms with Crippen LogP contribution in [0.15, 0.2) is 24.3 Å². The van der Waals surface area contributed by atoms with Crippen molar-refractivity contribution in [3.05, 3.63) is 35.1 Å². The molecular weight excluding hydrogens is 242 g/mol. The van der Waals surface area contributed by atoms with Gasteiger partial charge in [-0.1, -0.05) is 23.7 Å². The summed E-state index contributed by atoms with van der Waals surface area (Å²) in [7, 11) is 0. The molecule has 1 aromatic carbocycles. The maximum absolute atomic E-state index is 10.4. The van der Waals surface area contributed by atoms with Crippen molar-refractivity contribution in [2.75, 3.05) is 0 Å². The van der Waals surface area contributed by atoms with Crippen LogP contribution < -0.4 is 0 Å². The van der Waals surface area contributed by atoms with Gasteiger partial charge in [0.15, 0.2) is 5.82 Å². The van der Waals surface area contributed by atoms with Crippen molar-refractivity contribution in [2.45, 2.75) is 12.8 Å². The molecule has 0 bridgehead atoms. The Balaban J connectivity index is 2.18. The van der Waals surface area contributed by atoms with Gasteiger partial charge in [0.1, 0.15) is 5.82 Å². The molecule has 0 atom stereocenters. The van der Waals surface area contributed by atoms with Gasteiger partial charge in [0, 0.05) is 12.0 Å². The molecule has 0 aliphatic heterocycles. The summed E-state index contributed by atoms with van der Waals surface area (Å²) in [6.45, 7) is 0. The van der Waals surface area contributed by atoms with Crippen LogP contribution in [0.4, 0.5) is 0 Å². The molecule has 2 rings (SSSR count). The fourth-order valence-corrected chi connectivity index (χ4v) is 1.62. The minimum atomic E-state index is -0.860. The molecule has 0 saturated carbocycles. The molecule has 2 N–H and O–H groups in total. The first kappa shape index (κ1) is 11.6. The third-order valence-corrected chi connectivity index (χ3v) is 2.55. The van der Waals surface area contributed by atoms with Crippen molar-refractivity contribution in [3.8, 4) is 11.4 Å². The zero-order valence-electron chi connectivity index (χ0n) is 8.85. The lowest BCUT2D eigenvalue weighted by atomic mass is 10.2. The van der Waals surface area contributed by atoms with Crippen LogP contribution in [0.3, 0.4) is 0 Å². The van der Waals surface area contributed by atoms with E-state index in [4.69, 9.17) is 16.7 Å². The van der Waals surface area contributed by atoms with E-state index in [0.717, 1.165) is 5.56 Å². The third kappa shape index (κ3) is 2.82. The minimum absolute atomic E-state index is 0.0250. The molecule has 0 aliphatic carbocycles. The maximum Gasteiger partial charge on any atom is 0.303 e. The second-order valence-electron chi connectivity index (χ2n) is 3.48. The normalized spacial score (nSPS) is 10.4. The molecule has 1 aromatic heterocycles. The van der Waals surface area contributed by atoms with Crippen LogP contribution in [0.25, 0.3) is 11.4 Å². The van der Waals surface area contributed by atoms with Gasteiger partial charge in [-0.2, -0.15) is 5.10 Å². The molecule has 0 aliphatic rings. The zero-order valence-corrected chi connectivity index (χ0v) is 9.61. The number of rotatable bonds is 4. The van der Waals surface area contributed by atoms with Crippen LogP contribution in [-0.2, 0) is 11.2 Å². The number of halogens is 1. The minimum Gasteiger partial charge on any atom is -0.481 e. The number of benzene rings is 1. The maximum atomic E-state index is 10.4. The average molecular weight is 252 g/mol. The summed E-state index contributed by atoms with van der Waals surface area (Å²) in [4.78, 5) is 14.6. The molecule has 0 spiro atoms. The van der Waals surface area contributed by atoms with Crippen molar-refractivity contribution in [3.63, 3.8) is 0 Å². The Morgan fingerprint density at radius 3 is 2.88 bits per heavy atom. The van der Waals surface area contributed by atoms with Crippen molar-refractivity contribution in [2.24, 2.45) is 0 Å². The number of nitrogens with zero attached hydrogens (tertiary/aromatic N) is 2. The van der Waals surface area contributed by atoms with Crippen LogP contribution in [0, 0.1) is 0 Å². The molecule has 88 valence electrons. The highest BCUT2D eigenvalue weighted by molar-refractivity contribution is 6.33. The number of aryl methyl sites for hydroxylation is 1. The van der Waals surface area contributed by atoms with Crippen LogP contribution in [0.2, 0.25) is 5.02 Å². The lowest BCUT2D eigenvalue weighted by Gasteiger charge is -1.96. The van der Waals surface area contributed by atoms with Gasteiger partial charge < -0.3 is 5.11 Å². The molecule has 0 fully saturated rings. The Hall–Kier alpha value is -1.88. The van der Waals surface area contributed by atoms with E-state index in [0.29, 0.717) is 23.1 Å². The Morgan fingerprint density at radius 2 is 2.18 bits per heavy atom. The number of carboxylic acid groups (broad SMARTS) is 1. The molecule has 17 heavy (non-hydrogen) atoms. The molecular formula is C11H10ClN3O2. The van der Waals surface area contributed by atoms with Gasteiger partial charge in [0.05, 0.1) is 11.4 Å². The first-order valence-corrected chi connectivity index (χ1v) is 5.42. The summed E-state index contributed by atoms with van der Waals surface area (Å²) in [5.41, 5.74) is 0.729. The molecule has 1 heterocycles. The fraction of sp³-hybridized carbons (Fsp3) is 0.182. The summed E-state index contributed by atoms with van der Waals surface area (Å²) in [6.07, 6.45) is 0.351. The predicted molar refractivity (Wildman–Crippen MR) is 62.8 cm³/mol. The molecule has 6 heteroatoms. The van der Waals surface area contributed by atoms with E-state index in [1.54, 1.807) is 6.07 Å². The number of nitrogens with one attached hydrogen (secondary N) is 1. The van der Waals surface area contributed by atoms with Gasteiger partial charge in [0.25, 0.3) is 0 Å². The first-order chi connectivity index (χ1) is 8.16. The molecule has 0 amide bonds. The van der Waals surface area contributed by atoms with Gasteiger partial charge in [-0.05, 0) is 12.1 Å². The van der Waals surface area contributed by atoms with Crippen molar-refractivity contribution in [1.82, 2.24) is 15.2 Å². The number of carbonyl (C=O) groups is 1. The van der Waals surface area contributed by atoms with E-state index >= 15 is 0 Å². The van der Waals surface area contributed by atoms with Crippen LogP contribution in [-0.4, -0.2) is 26.3 Å². The van der Waals surface area contributed by atoms with E-state index in [1.165, 1.54) is 0 Å². The number of H-pyrrole nitrogens is 1. The molecule has 2 aromatic rings. The number of aliphatic carboxylic acids is 1. The Labute approximate surface area is 102 Å². The fourth-order valence-electron chi connectivity index (χ4n) is 1.40. The van der Waals surface area contributed by atoms with Crippen molar-refractivity contribution in [1.29, 1.82) is 0 Å². The SMILES string of the molecule is O=C(O)CCc1nc(-c2ccccc2Cl)n[nH]1. The lowest BCUT2D eigenvalue weighted by Crippen LogP contribution is -1.98. The van der Waals surface area contributed by atoms with Crippen LogP contribution in [0.1, 0.15) is 12.2 Å². The number of aromatic nitrogens is 3. The van der Waals surface area contributed by atoms with E-state index in [1.807, 2.05) is 18.2 Å². The van der Waals surface area contributed by atoms with E-state index < -0.39 is 5.97 Å². The first-order valence-electron chi connectivity index (χ1n) is 5.05. The summed E-state index contributed by atoms with van der Waals surface area (Å²) in [5, 5.41) is 15.8. The second-order valence-corrected chi connectivity index (χ2v) is 3.89. The van der Waals surface area contributed by atoms with Crippen LogP contribution in [0.5, 0.6) is 0 Å². The quantitative estimate of drug-likeness (QED) is 0.873. The summed E-state index contributed by atoms with van der Waals surface area (Å²) >= 11 is 6.01. The highest BCUT2D eigenvalue weighted by Crippen LogP contribution is 2.24. The third-order valence-electron chi connectivity index (χ3n) is 2.22. The van der Waals surface area contributed by atoms with Crippen LogP contribution >= 0.6 is 11.6 Å². The topological polar surface area (TPSA) is 78.9 Å². The summed E-state index contributed by atoms with van der Waals surface area (Å²) < 4.78 is 0. The monoisotopic (exact) mass is 251 g/mol. The van der Waals surface area contributed by atoms with Crippen molar-refractivity contribution < 1.29 is 9.90 Å². The smallest absolute Gasteiger partial charge is 0.303 e. The Kier molecular flexibility index (Phi) is 3.39. The van der Waals surface area contributed by atoms with Gasteiger partial charge in [-0.15, -0.1) is 0 Å². The predicted octanol–water partition coefficient (Wildman–Crippen LogP) is 2.14. The number of aromatic amines is 1. The summed E-state index contributed by atoms with van der Waals surface area (Å²) in [5.74, 6) is 0.166. The molecule has 0 saturated heterocycles. The van der Waals surface area contributed by atoms with E-state index in [2.05, 4.69) is 15.2 Å².